The molecule has 3 aromatic rings. The van der Waals surface area contributed by atoms with Crippen LogP contribution >= 0.6 is 0 Å². The molecule has 0 radical (unpaired) electrons. The van der Waals surface area contributed by atoms with E-state index in [0.717, 1.165) is 55.1 Å². The molecule has 188 valence electrons. The summed E-state index contributed by atoms with van der Waals surface area (Å²) in [4.78, 5) is 28.7. The Morgan fingerprint density at radius 2 is 1.36 bits per heavy atom. The number of hydrogen-bond acceptors (Lipinski definition) is 4. The molecule has 1 fully saturated rings. The first kappa shape index (κ1) is 25.5. The first-order valence-corrected chi connectivity index (χ1v) is 12.7. The fourth-order valence-corrected chi connectivity index (χ4v) is 4.87. The molecule has 1 aliphatic rings. The quantitative estimate of drug-likeness (QED) is 0.472. The van der Waals surface area contributed by atoms with Crippen LogP contribution in [0.25, 0.3) is 5.57 Å². The fourth-order valence-electron chi connectivity index (χ4n) is 4.87. The minimum absolute atomic E-state index is 0.0491. The Bertz CT molecular complexity index is 1230. The summed E-state index contributed by atoms with van der Waals surface area (Å²) in [5.74, 6) is 1.55. The van der Waals surface area contributed by atoms with Gasteiger partial charge in [-0.05, 0) is 86.7 Å². The monoisotopic (exact) mass is 485 g/mol. The van der Waals surface area contributed by atoms with Crippen molar-refractivity contribution in [2.45, 2.75) is 40.2 Å². The third-order valence-corrected chi connectivity index (χ3v) is 6.92. The lowest BCUT2D eigenvalue weighted by Crippen LogP contribution is -2.30. The minimum atomic E-state index is -0.434. The van der Waals surface area contributed by atoms with Crippen LogP contribution in [-0.2, 0) is 6.54 Å². The van der Waals surface area contributed by atoms with Crippen molar-refractivity contribution in [3.63, 3.8) is 0 Å². The summed E-state index contributed by atoms with van der Waals surface area (Å²) >= 11 is 0. The standard InChI is InChI=1S/C30H35N3O3/c1-4-33(5-2)30(35)26-13-9-23(10-14-26)28(22-7-11-25(12-8-22)29(31)34)24-16-18-32(19-17-24)20-27-15-6-21(3)36-27/h6-15H,4-5,16-20H2,1-3H3,(H2,31,34). The summed E-state index contributed by atoms with van der Waals surface area (Å²) < 4.78 is 5.77. The number of amides is 2. The van der Waals surface area contributed by atoms with E-state index < -0.39 is 5.91 Å². The highest BCUT2D eigenvalue weighted by Gasteiger charge is 2.21. The van der Waals surface area contributed by atoms with Gasteiger partial charge < -0.3 is 15.1 Å². The van der Waals surface area contributed by atoms with Crippen LogP contribution in [0.15, 0.2) is 70.7 Å². The van der Waals surface area contributed by atoms with Gasteiger partial charge in [0.2, 0.25) is 5.91 Å². The molecule has 4 rings (SSSR count). The molecule has 6 heteroatoms. The highest BCUT2D eigenvalue weighted by Crippen LogP contribution is 2.33. The zero-order chi connectivity index (χ0) is 25.7. The van der Waals surface area contributed by atoms with Crippen LogP contribution in [0.2, 0.25) is 0 Å². The van der Waals surface area contributed by atoms with E-state index in [2.05, 4.69) is 4.90 Å². The molecule has 0 spiro atoms. The number of furan rings is 1. The van der Waals surface area contributed by atoms with Crippen LogP contribution in [-0.4, -0.2) is 47.8 Å². The predicted molar refractivity (Wildman–Crippen MR) is 143 cm³/mol. The Hall–Kier alpha value is -3.64. The fraction of sp³-hybridized carbons (Fsp3) is 0.333. The first-order valence-electron chi connectivity index (χ1n) is 12.7. The molecule has 1 saturated heterocycles. The van der Waals surface area contributed by atoms with E-state index in [1.807, 2.05) is 74.2 Å². The van der Waals surface area contributed by atoms with E-state index in [1.165, 1.54) is 11.1 Å². The minimum Gasteiger partial charge on any atom is -0.465 e. The largest absolute Gasteiger partial charge is 0.465 e. The van der Waals surface area contributed by atoms with Gasteiger partial charge >= 0.3 is 0 Å². The van der Waals surface area contributed by atoms with E-state index in [9.17, 15) is 9.59 Å². The van der Waals surface area contributed by atoms with E-state index in [0.29, 0.717) is 24.2 Å². The van der Waals surface area contributed by atoms with E-state index in [1.54, 1.807) is 12.1 Å². The number of nitrogens with zero attached hydrogens (tertiary/aromatic N) is 2. The molecule has 1 aromatic heterocycles. The van der Waals surface area contributed by atoms with Gasteiger partial charge in [-0.15, -0.1) is 0 Å². The zero-order valence-corrected chi connectivity index (χ0v) is 21.4. The Balaban J connectivity index is 1.62. The molecule has 2 amide bonds. The molecular weight excluding hydrogens is 450 g/mol. The van der Waals surface area contributed by atoms with Crippen molar-refractivity contribution >= 4 is 17.4 Å². The maximum absolute atomic E-state index is 12.8. The van der Waals surface area contributed by atoms with Crippen molar-refractivity contribution in [2.24, 2.45) is 5.73 Å². The SMILES string of the molecule is CCN(CC)C(=O)c1ccc(C(=C2CCN(Cc3ccc(C)o3)CC2)c2ccc(C(N)=O)cc2)cc1. The number of carbonyl (C=O) groups is 2. The number of rotatable bonds is 8. The molecule has 2 N–H and O–H groups in total. The van der Waals surface area contributed by atoms with Crippen LogP contribution in [0, 0.1) is 6.92 Å². The van der Waals surface area contributed by atoms with Gasteiger partial charge in [-0.25, -0.2) is 0 Å². The lowest BCUT2D eigenvalue weighted by atomic mass is 9.87. The van der Waals surface area contributed by atoms with E-state index >= 15 is 0 Å². The summed E-state index contributed by atoms with van der Waals surface area (Å²) in [6, 6.07) is 19.5. The number of likely N-dealkylation sites (tertiary alicyclic amines) is 1. The Morgan fingerprint density at radius 1 is 0.833 bits per heavy atom. The molecule has 36 heavy (non-hydrogen) atoms. The Kier molecular flexibility index (Phi) is 8.06. The molecule has 0 atom stereocenters. The number of piperidine rings is 1. The second kappa shape index (κ2) is 11.4. The summed E-state index contributed by atoms with van der Waals surface area (Å²) in [5, 5.41) is 0. The summed E-state index contributed by atoms with van der Waals surface area (Å²) in [7, 11) is 0. The molecular formula is C30H35N3O3. The van der Waals surface area contributed by atoms with Gasteiger partial charge in [0.25, 0.3) is 5.91 Å². The summed E-state index contributed by atoms with van der Waals surface area (Å²) in [6.07, 6.45) is 1.87. The number of hydrogen-bond donors (Lipinski definition) is 1. The number of nitrogens with two attached hydrogens (primary N) is 1. The van der Waals surface area contributed by atoms with Crippen molar-refractivity contribution in [1.29, 1.82) is 0 Å². The zero-order valence-electron chi connectivity index (χ0n) is 21.4. The Labute approximate surface area is 213 Å². The van der Waals surface area contributed by atoms with Gasteiger partial charge in [0.15, 0.2) is 0 Å². The topological polar surface area (TPSA) is 79.8 Å². The summed E-state index contributed by atoms with van der Waals surface area (Å²) in [5.41, 5.74) is 11.3. The normalized spacial score (nSPS) is 14.0. The lowest BCUT2D eigenvalue weighted by Gasteiger charge is -2.29. The maximum Gasteiger partial charge on any atom is 0.253 e. The molecule has 0 bridgehead atoms. The van der Waals surface area contributed by atoms with E-state index in [4.69, 9.17) is 10.2 Å². The number of primary amides is 1. The van der Waals surface area contributed by atoms with Crippen molar-refractivity contribution in [3.05, 3.63) is 100 Å². The van der Waals surface area contributed by atoms with Crippen LogP contribution in [0.5, 0.6) is 0 Å². The lowest BCUT2D eigenvalue weighted by molar-refractivity contribution is 0.0772. The maximum atomic E-state index is 12.8. The highest BCUT2D eigenvalue weighted by atomic mass is 16.3. The van der Waals surface area contributed by atoms with Gasteiger partial charge in [-0.3, -0.25) is 14.5 Å². The second-order valence-corrected chi connectivity index (χ2v) is 9.26. The highest BCUT2D eigenvalue weighted by molar-refractivity contribution is 5.95. The molecule has 1 aliphatic heterocycles. The molecule has 6 nitrogen and oxygen atoms in total. The van der Waals surface area contributed by atoms with Gasteiger partial charge in [0.1, 0.15) is 11.5 Å². The van der Waals surface area contributed by atoms with E-state index in [-0.39, 0.29) is 5.91 Å². The smallest absolute Gasteiger partial charge is 0.253 e. The number of carbonyl (C=O) groups excluding carboxylic acids is 2. The molecule has 0 aliphatic carbocycles. The Morgan fingerprint density at radius 3 is 1.83 bits per heavy atom. The van der Waals surface area contributed by atoms with Crippen LogP contribution in [0.3, 0.4) is 0 Å². The van der Waals surface area contributed by atoms with Crippen molar-refractivity contribution in [3.8, 4) is 0 Å². The van der Waals surface area contributed by atoms with Gasteiger partial charge in [-0.2, -0.15) is 0 Å². The van der Waals surface area contributed by atoms with Gasteiger partial charge in [-0.1, -0.05) is 29.8 Å². The second-order valence-electron chi connectivity index (χ2n) is 9.26. The van der Waals surface area contributed by atoms with Crippen LogP contribution in [0.1, 0.15) is 70.1 Å². The molecule has 2 heterocycles. The molecule has 0 unspecified atom stereocenters. The first-order chi connectivity index (χ1) is 17.4. The van der Waals surface area contributed by atoms with Gasteiger partial charge in [0, 0.05) is 37.3 Å². The predicted octanol–water partition coefficient (Wildman–Crippen LogP) is 5.27. The molecule has 0 saturated carbocycles. The molecule has 2 aromatic carbocycles. The van der Waals surface area contributed by atoms with Crippen molar-refractivity contribution in [2.75, 3.05) is 26.2 Å². The van der Waals surface area contributed by atoms with Crippen molar-refractivity contribution in [1.82, 2.24) is 9.80 Å². The number of benzene rings is 2. The number of aryl methyl sites for hydroxylation is 1. The van der Waals surface area contributed by atoms with Crippen molar-refractivity contribution < 1.29 is 14.0 Å². The van der Waals surface area contributed by atoms with Crippen LogP contribution in [0.4, 0.5) is 0 Å². The van der Waals surface area contributed by atoms with Crippen LogP contribution < -0.4 is 5.73 Å². The average molecular weight is 486 g/mol. The van der Waals surface area contributed by atoms with Gasteiger partial charge in [0.05, 0.1) is 6.54 Å². The summed E-state index contributed by atoms with van der Waals surface area (Å²) in [6.45, 7) is 10.0. The third kappa shape index (κ3) is 5.77. The average Bonchev–Trinajstić information content (AvgIpc) is 3.31. The third-order valence-electron chi connectivity index (χ3n) is 6.92.